The molecule has 2 aromatic carbocycles. The highest BCUT2D eigenvalue weighted by Crippen LogP contribution is 2.17. The summed E-state index contributed by atoms with van der Waals surface area (Å²) in [4.78, 5) is 12.0. The van der Waals surface area contributed by atoms with Crippen molar-refractivity contribution in [2.45, 2.75) is 19.5 Å². The van der Waals surface area contributed by atoms with E-state index in [1.165, 1.54) is 0 Å². The van der Waals surface area contributed by atoms with E-state index in [1.54, 1.807) is 14.2 Å². The van der Waals surface area contributed by atoms with Crippen molar-refractivity contribution in [3.63, 3.8) is 0 Å². The van der Waals surface area contributed by atoms with Crippen molar-refractivity contribution in [3.05, 3.63) is 59.7 Å². The Morgan fingerprint density at radius 2 is 1.74 bits per heavy atom. The lowest BCUT2D eigenvalue weighted by Gasteiger charge is -2.15. The van der Waals surface area contributed by atoms with Crippen LogP contribution in [0.2, 0.25) is 0 Å². The molecule has 0 heterocycles. The first kappa shape index (κ1) is 16.7. The first-order chi connectivity index (χ1) is 11.1. The normalized spacial score (nSPS) is 11.4. The third-order valence-corrected chi connectivity index (χ3v) is 3.55. The fourth-order valence-corrected chi connectivity index (χ4v) is 2.19. The first-order valence-electron chi connectivity index (χ1n) is 7.43. The highest BCUT2D eigenvalue weighted by Gasteiger charge is 2.09. The molecule has 2 N–H and O–H groups in total. The molecule has 0 aromatic heterocycles. The molecule has 0 saturated heterocycles. The topological polar surface area (TPSA) is 59.6 Å². The van der Waals surface area contributed by atoms with Crippen molar-refractivity contribution in [3.8, 4) is 11.5 Å². The van der Waals surface area contributed by atoms with E-state index in [4.69, 9.17) is 9.47 Å². The Kier molecular flexibility index (Phi) is 5.86. The molecular formula is C18H22N2O3. The van der Waals surface area contributed by atoms with Crippen LogP contribution in [-0.4, -0.2) is 20.3 Å². The number of nitrogens with one attached hydrogen (secondary N) is 2. The second-order valence-corrected chi connectivity index (χ2v) is 5.17. The summed E-state index contributed by atoms with van der Waals surface area (Å²) in [6.07, 6.45) is 0. The lowest BCUT2D eigenvalue weighted by atomic mass is 10.1. The Morgan fingerprint density at radius 3 is 2.39 bits per heavy atom. The summed E-state index contributed by atoms with van der Waals surface area (Å²) in [5.74, 6) is 1.57. The van der Waals surface area contributed by atoms with Gasteiger partial charge in [0, 0.05) is 6.54 Å². The van der Waals surface area contributed by atoms with Crippen LogP contribution in [0.15, 0.2) is 48.5 Å². The fourth-order valence-electron chi connectivity index (χ4n) is 2.19. The van der Waals surface area contributed by atoms with E-state index in [9.17, 15) is 4.79 Å². The fraction of sp³-hybridized carbons (Fsp3) is 0.278. The SMILES string of the molecule is COc1ccc(C(C)NC(=O)NCc2cccc(OC)c2)cc1. The highest BCUT2D eigenvalue weighted by molar-refractivity contribution is 5.74. The maximum absolute atomic E-state index is 12.0. The smallest absolute Gasteiger partial charge is 0.315 e. The van der Waals surface area contributed by atoms with Gasteiger partial charge in [0.2, 0.25) is 0 Å². The van der Waals surface area contributed by atoms with Gasteiger partial charge in [-0.3, -0.25) is 0 Å². The van der Waals surface area contributed by atoms with Gasteiger partial charge in [0.15, 0.2) is 0 Å². The molecule has 1 unspecified atom stereocenters. The number of amides is 2. The van der Waals surface area contributed by atoms with Crippen molar-refractivity contribution in [1.82, 2.24) is 10.6 Å². The summed E-state index contributed by atoms with van der Waals surface area (Å²) in [5, 5.41) is 5.75. The molecule has 5 nitrogen and oxygen atoms in total. The van der Waals surface area contributed by atoms with Gasteiger partial charge in [-0.05, 0) is 42.3 Å². The molecule has 5 heteroatoms. The minimum absolute atomic E-state index is 0.0915. The van der Waals surface area contributed by atoms with Crippen LogP contribution in [0.3, 0.4) is 0 Å². The van der Waals surface area contributed by atoms with Crippen molar-refractivity contribution >= 4 is 6.03 Å². The van der Waals surface area contributed by atoms with Crippen LogP contribution in [0.5, 0.6) is 11.5 Å². The van der Waals surface area contributed by atoms with Crippen LogP contribution in [0.1, 0.15) is 24.1 Å². The van der Waals surface area contributed by atoms with Gasteiger partial charge >= 0.3 is 6.03 Å². The zero-order valence-electron chi connectivity index (χ0n) is 13.6. The van der Waals surface area contributed by atoms with Crippen LogP contribution in [-0.2, 0) is 6.54 Å². The van der Waals surface area contributed by atoms with Crippen molar-refractivity contribution in [1.29, 1.82) is 0 Å². The van der Waals surface area contributed by atoms with E-state index in [0.717, 1.165) is 22.6 Å². The molecular weight excluding hydrogens is 292 g/mol. The third-order valence-electron chi connectivity index (χ3n) is 3.55. The number of hydrogen-bond acceptors (Lipinski definition) is 3. The van der Waals surface area contributed by atoms with Gasteiger partial charge in [-0.15, -0.1) is 0 Å². The van der Waals surface area contributed by atoms with Gasteiger partial charge in [-0.1, -0.05) is 24.3 Å². The van der Waals surface area contributed by atoms with E-state index >= 15 is 0 Å². The minimum atomic E-state index is -0.212. The Balaban J connectivity index is 1.85. The molecule has 2 rings (SSSR count). The molecule has 2 aromatic rings. The van der Waals surface area contributed by atoms with E-state index < -0.39 is 0 Å². The second kappa shape index (κ2) is 8.08. The number of carbonyl (C=O) groups excluding carboxylic acids is 1. The molecule has 0 aliphatic carbocycles. The van der Waals surface area contributed by atoms with Gasteiger partial charge < -0.3 is 20.1 Å². The number of carbonyl (C=O) groups is 1. The minimum Gasteiger partial charge on any atom is -0.497 e. The standard InChI is InChI=1S/C18H22N2O3/c1-13(15-7-9-16(22-2)10-8-15)20-18(21)19-12-14-5-4-6-17(11-14)23-3/h4-11,13H,12H2,1-3H3,(H2,19,20,21). The number of ether oxygens (including phenoxy) is 2. The summed E-state index contributed by atoms with van der Waals surface area (Å²) >= 11 is 0. The van der Waals surface area contributed by atoms with Crippen LogP contribution in [0, 0.1) is 0 Å². The van der Waals surface area contributed by atoms with Gasteiger partial charge in [-0.25, -0.2) is 4.79 Å². The quantitative estimate of drug-likeness (QED) is 0.860. The molecule has 0 saturated carbocycles. The molecule has 0 aliphatic rings. The molecule has 0 bridgehead atoms. The van der Waals surface area contributed by atoms with Crippen molar-refractivity contribution < 1.29 is 14.3 Å². The number of benzene rings is 2. The first-order valence-corrected chi connectivity index (χ1v) is 7.43. The van der Waals surface area contributed by atoms with Crippen LogP contribution in [0.25, 0.3) is 0 Å². The molecule has 0 spiro atoms. The lowest BCUT2D eigenvalue weighted by Crippen LogP contribution is -2.36. The largest absolute Gasteiger partial charge is 0.497 e. The van der Waals surface area contributed by atoms with Gasteiger partial charge in [0.1, 0.15) is 11.5 Å². The van der Waals surface area contributed by atoms with Crippen molar-refractivity contribution in [2.75, 3.05) is 14.2 Å². The number of rotatable bonds is 6. The number of methoxy groups -OCH3 is 2. The Labute approximate surface area is 136 Å². The van der Waals surface area contributed by atoms with Crippen LogP contribution >= 0.6 is 0 Å². The molecule has 0 radical (unpaired) electrons. The van der Waals surface area contributed by atoms with E-state index in [1.807, 2.05) is 55.5 Å². The average Bonchev–Trinajstić information content (AvgIpc) is 2.60. The van der Waals surface area contributed by atoms with E-state index in [0.29, 0.717) is 6.54 Å². The zero-order valence-corrected chi connectivity index (χ0v) is 13.6. The molecule has 2 amide bonds. The molecule has 122 valence electrons. The molecule has 0 aliphatic heterocycles. The predicted molar refractivity (Wildman–Crippen MR) is 89.8 cm³/mol. The zero-order chi connectivity index (χ0) is 16.7. The Morgan fingerprint density at radius 1 is 1.04 bits per heavy atom. The average molecular weight is 314 g/mol. The van der Waals surface area contributed by atoms with Gasteiger partial charge in [0.05, 0.1) is 20.3 Å². The summed E-state index contributed by atoms with van der Waals surface area (Å²) in [7, 11) is 3.25. The van der Waals surface area contributed by atoms with Gasteiger partial charge in [0.25, 0.3) is 0 Å². The Bertz CT molecular complexity index is 641. The van der Waals surface area contributed by atoms with Gasteiger partial charge in [-0.2, -0.15) is 0 Å². The van der Waals surface area contributed by atoms with Crippen LogP contribution in [0.4, 0.5) is 4.79 Å². The second-order valence-electron chi connectivity index (χ2n) is 5.17. The van der Waals surface area contributed by atoms with Crippen molar-refractivity contribution in [2.24, 2.45) is 0 Å². The third kappa shape index (κ3) is 4.92. The van der Waals surface area contributed by atoms with Crippen LogP contribution < -0.4 is 20.1 Å². The Hall–Kier alpha value is -2.69. The molecule has 23 heavy (non-hydrogen) atoms. The summed E-state index contributed by atoms with van der Waals surface area (Å²) in [6.45, 7) is 2.38. The monoisotopic (exact) mass is 314 g/mol. The maximum atomic E-state index is 12.0. The number of hydrogen-bond donors (Lipinski definition) is 2. The summed E-state index contributed by atoms with van der Waals surface area (Å²) in [6, 6.07) is 14.9. The predicted octanol–water partition coefficient (Wildman–Crippen LogP) is 3.26. The van der Waals surface area contributed by atoms with E-state index in [-0.39, 0.29) is 12.1 Å². The molecule has 0 fully saturated rings. The summed E-state index contributed by atoms with van der Waals surface area (Å²) in [5.41, 5.74) is 2.00. The highest BCUT2D eigenvalue weighted by atomic mass is 16.5. The summed E-state index contributed by atoms with van der Waals surface area (Å²) < 4.78 is 10.3. The molecule has 1 atom stereocenters. The lowest BCUT2D eigenvalue weighted by molar-refractivity contribution is 0.237. The maximum Gasteiger partial charge on any atom is 0.315 e. The van der Waals surface area contributed by atoms with E-state index in [2.05, 4.69) is 10.6 Å². The number of urea groups is 1.